The van der Waals surface area contributed by atoms with E-state index in [0.717, 1.165) is 0 Å². The smallest absolute Gasteiger partial charge is 0.283 e. The van der Waals surface area contributed by atoms with Gasteiger partial charge in [-0.2, -0.15) is 0 Å². The van der Waals surface area contributed by atoms with Crippen LogP contribution in [-0.2, 0) is 9.59 Å². The van der Waals surface area contributed by atoms with Gasteiger partial charge in [0.2, 0.25) is 5.88 Å². The summed E-state index contributed by atoms with van der Waals surface area (Å²) in [4.78, 5) is 26.2. The Kier molecular flexibility index (Phi) is 5.23. The Morgan fingerprint density at radius 1 is 1.08 bits per heavy atom. The standard InChI is InChI=1S/C18H16N4O4/c23-15(10-19-16(24)11-26-12-6-2-1-3-7-12)21-22-17-13-8-4-5-9-14(13)20-18(17)25/h1-9,20,25H,10-11H2,(H,19,24). The maximum absolute atomic E-state index is 11.8. The van der Waals surface area contributed by atoms with Crippen molar-refractivity contribution in [1.82, 2.24) is 10.3 Å². The molecule has 2 aromatic carbocycles. The van der Waals surface area contributed by atoms with E-state index in [-0.39, 0.29) is 24.7 Å². The number of azo groups is 1. The maximum Gasteiger partial charge on any atom is 0.283 e. The third-order valence-electron chi connectivity index (χ3n) is 3.47. The lowest BCUT2D eigenvalue weighted by Gasteiger charge is -2.05. The average molecular weight is 352 g/mol. The van der Waals surface area contributed by atoms with Crippen LogP contribution in [0.4, 0.5) is 5.69 Å². The Bertz CT molecular complexity index is 950. The van der Waals surface area contributed by atoms with Crippen LogP contribution in [0.5, 0.6) is 11.6 Å². The minimum absolute atomic E-state index is 0.174. The molecule has 1 aromatic heterocycles. The Labute approximate surface area is 148 Å². The van der Waals surface area contributed by atoms with Crippen LogP contribution in [0.2, 0.25) is 0 Å². The van der Waals surface area contributed by atoms with Crippen LogP contribution in [0.3, 0.4) is 0 Å². The van der Waals surface area contributed by atoms with Crippen molar-refractivity contribution in [2.75, 3.05) is 13.2 Å². The summed E-state index contributed by atoms with van der Waals surface area (Å²) in [6.07, 6.45) is 0. The molecule has 8 nitrogen and oxygen atoms in total. The average Bonchev–Trinajstić information content (AvgIpc) is 2.99. The van der Waals surface area contributed by atoms with Crippen LogP contribution >= 0.6 is 0 Å². The van der Waals surface area contributed by atoms with E-state index in [0.29, 0.717) is 16.7 Å². The van der Waals surface area contributed by atoms with Crippen molar-refractivity contribution in [3.05, 3.63) is 54.6 Å². The summed E-state index contributed by atoms with van der Waals surface area (Å²) in [6, 6.07) is 16.0. The highest BCUT2D eigenvalue weighted by Gasteiger charge is 2.11. The lowest BCUT2D eigenvalue weighted by atomic mass is 10.2. The van der Waals surface area contributed by atoms with Gasteiger partial charge < -0.3 is 20.1 Å². The van der Waals surface area contributed by atoms with Crippen LogP contribution in [0.1, 0.15) is 0 Å². The Morgan fingerprint density at radius 3 is 2.62 bits per heavy atom. The van der Waals surface area contributed by atoms with Gasteiger partial charge in [-0.25, -0.2) is 0 Å². The second-order valence-electron chi connectivity index (χ2n) is 5.34. The summed E-state index contributed by atoms with van der Waals surface area (Å²) in [7, 11) is 0. The number of aromatic nitrogens is 1. The fraction of sp³-hybridized carbons (Fsp3) is 0.111. The number of para-hydroxylation sites is 2. The van der Waals surface area contributed by atoms with E-state index in [9.17, 15) is 14.7 Å². The SMILES string of the molecule is O=C(CNC(=O)COc1ccccc1)N=Nc1c(O)[nH]c2ccccc12. The van der Waals surface area contributed by atoms with Crippen LogP contribution in [0.25, 0.3) is 10.9 Å². The first-order valence-electron chi connectivity index (χ1n) is 7.82. The molecule has 0 fully saturated rings. The highest BCUT2D eigenvalue weighted by atomic mass is 16.5. The van der Waals surface area contributed by atoms with Crippen LogP contribution in [-0.4, -0.2) is 35.1 Å². The van der Waals surface area contributed by atoms with Crippen LogP contribution in [0, 0.1) is 0 Å². The molecular weight excluding hydrogens is 336 g/mol. The van der Waals surface area contributed by atoms with E-state index in [1.165, 1.54) is 0 Å². The molecule has 132 valence electrons. The molecule has 0 aliphatic rings. The predicted molar refractivity (Wildman–Crippen MR) is 94.4 cm³/mol. The molecule has 3 aromatic rings. The van der Waals surface area contributed by atoms with E-state index < -0.39 is 11.8 Å². The van der Waals surface area contributed by atoms with Gasteiger partial charge in [-0.05, 0) is 18.2 Å². The van der Waals surface area contributed by atoms with Crippen LogP contribution in [0.15, 0.2) is 64.8 Å². The van der Waals surface area contributed by atoms with Gasteiger partial charge in [-0.3, -0.25) is 9.59 Å². The number of benzene rings is 2. The summed E-state index contributed by atoms with van der Waals surface area (Å²) in [6.45, 7) is -0.527. The van der Waals surface area contributed by atoms with E-state index in [2.05, 4.69) is 20.5 Å². The van der Waals surface area contributed by atoms with Crippen molar-refractivity contribution >= 4 is 28.4 Å². The molecule has 0 radical (unpaired) electrons. The van der Waals surface area contributed by atoms with Crippen molar-refractivity contribution < 1.29 is 19.4 Å². The highest BCUT2D eigenvalue weighted by molar-refractivity contribution is 5.94. The fourth-order valence-electron chi connectivity index (χ4n) is 2.25. The monoisotopic (exact) mass is 352 g/mol. The normalized spacial score (nSPS) is 10.9. The van der Waals surface area contributed by atoms with Gasteiger partial charge in [0.15, 0.2) is 12.3 Å². The number of rotatable bonds is 6. The number of hydrogen-bond acceptors (Lipinski definition) is 5. The number of carbonyl (C=O) groups excluding carboxylic acids is 2. The molecule has 2 amide bonds. The predicted octanol–water partition coefficient (Wildman–Crippen LogP) is 2.68. The molecule has 0 aliphatic carbocycles. The van der Waals surface area contributed by atoms with Gasteiger partial charge in [0.1, 0.15) is 12.3 Å². The van der Waals surface area contributed by atoms with Gasteiger partial charge in [-0.1, -0.05) is 36.4 Å². The first-order chi connectivity index (χ1) is 12.6. The van der Waals surface area contributed by atoms with Gasteiger partial charge in [0.25, 0.3) is 11.8 Å². The molecule has 0 aliphatic heterocycles. The molecule has 3 N–H and O–H groups in total. The summed E-state index contributed by atoms with van der Waals surface area (Å²) >= 11 is 0. The second kappa shape index (κ2) is 7.93. The molecular formula is C18H16N4O4. The molecule has 0 bridgehead atoms. The molecule has 0 atom stereocenters. The van der Waals surface area contributed by atoms with E-state index in [4.69, 9.17) is 4.74 Å². The van der Waals surface area contributed by atoms with Gasteiger partial charge >= 0.3 is 0 Å². The summed E-state index contributed by atoms with van der Waals surface area (Å²) in [5.41, 5.74) is 0.852. The Balaban J connectivity index is 1.51. The number of nitrogens with one attached hydrogen (secondary N) is 2. The lowest BCUT2D eigenvalue weighted by Crippen LogP contribution is -2.32. The number of ether oxygens (including phenoxy) is 1. The molecule has 0 saturated carbocycles. The zero-order valence-electron chi connectivity index (χ0n) is 13.7. The zero-order valence-corrected chi connectivity index (χ0v) is 13.7. The Morgan fingerprint density at radius 2 is 1.81 bits per heavy atom. The largest absolute Gasteiger partial charge is 0.493 e. The third-order valence-corrected chi connectivity index (χ3v) is 3.47. The van der Waals surface area contributed by atoms with Crippen molar-refractivity contribution in [3.8, 4) is 11.6 Å². The quantitative estimate of drug-likeness (QED) is 0.591. The molecule has 26 heavy (non-hydrogen) atoms. The highest BCUT2D eigenvalue weighted by Crippen LogP contribution is 2.35. The summed E-state index contributed by atoms with van der Waals surface area (Å²) in [5, 5.41) is 20.2. The number of carbonyl (C=O) groups is 2. The first-order valence-corrected chi connectivity index (χ1v) is 7.82. The molecule has 3 rings (SSSR count). The van der Waals surface area contributed by atoms with E-state index in [1.807, 2.05) is 6.07 Å². The van der Waals surface area contributed by atoms with E-state index in [1.54, 1.807) is 48.5 Å². The number of aromatic amines is 1. The van der Waals surface area contributed by atoms with Crippen molar-refractivity contribution in [2.24, 2.45) is 10.2 Å². The molecule has 0 saturated heterocycles. The minimum atomic E-state index is -0.650. The van der Waals surface area contributed by atoms with E-state index >= 15 is 0 Å². The minimum Gasteiger partial charge on any atom is -0.493 e. The number of hydrogen-bond donors (Lipinski definition) is 3. The summed E-state index contributed by atoms with van der Waals surface area (Å²) in [5.74, 6) is -0.721. The zero-order chi connectivity index (χ0) is 18.4. The molecule has 0 unspecified atom stereocenters. The number of H-pyrrole nitrogens is 1. The van der Waals surface area contributed by atoms with Crippen molar-refractivity contribution in [1.29, 1.82) is 0 Å². The number of aromatic hydroxyl groups is 1. The first kappa shape index (κ1) is 17.2. The van der Waals surface area contributed by atoms with Crippen molar-refractivity contribution in [2.45, 2.75) is 0 Å². The van der Waals surface area contributed by atoms with Gasteiger partial charge in [-0.15, -0.1) is 10.2 Å². The third kappa shape index (κ3) is 4.23. The maximum atomic E-state index is 11.8. The van der Waals surface area contributed by atoms with Gasteiger partial charge in [0.05, 0.1) is 5.52 Å². The van der Waals surface area contributed by atoms with Crippen molar-refractivity contribution in [3.63, 3.8) is 0 Å². The summed E-state index contributed by atoms with van der Waals surface area (Å²) < 4.78 is 5.27. The topological polar surface area (TPSA) is 116 Å². The molecule has 8 heteroatoms. The van der Waals surface area contributed by atoms with Crippen LogP contribution < -0.4 is 10.1 Å². The molecule has 1 heterocycles. The number of fused-ring (bicyclic) bond motifs is 1. The number of amides is 2. The second-order valence-corrected chi connectivity index (χ2v) is 5.34. The fourth-order valence-corrected chi connectivity index (χ4v) is 2.25. The molecule has 0 spiro atoms. The Hall–Kier alpha value is -3.68. The lowest BCUT2D eigenvalue weighted by molar-refractivity contribution is -0.126. The van der Waals surface area contributed by atoms with Gasteiger partial charge in [0, 0.05) is 5.39 Å². The number of nitrogens with zero attached hydrogens (tertiary/aromatic N) is 2.